The van der Waals surface area contributed by atoms with E-state index < -0.39 is 5.97 Å². The second-order valence-corrected chi connectivity index (χ2v) is 2.20. The Morgan fingerprint density at radius 2 is 1.86 bits per heavy atom. The summed E-state index contributed by atoms with van der Waals surface area (Å²) >= 11 is 0. The molecule has 0 N–H and O–H groups in total. The van der Waals surface area contributed by atoms with Gasteiger partial charge < -0.3 is 9.90 Å². The average Bonchev–Trinajstić information content (AvgIpc) is 2.20. The maximum atomic E-state index is 9.26. The van der Waals surface area contributed by atoms with Crippen molar-refractivity contribution in [3.8, 4) is 6.07 Å². The summed E-state index contributed by atoms with van der Waals surface area (Å²) in [5.41, 5.74) is 0.715. The average molecular weight is 199 g/mol. The summed E-state index contributed by atoms with van der Waals surface area (Å²) < 4.78 is 0. The van der Waals surface area contributed by atoms with E-state index in [1.165, 1.54) is 6.92 Å². The van der Waals surface area contributed by atoms with Gasteiger partial charge in [-0.05, 0) is 18.6 Å². The van der Waals surface area contributed by atoms with Crippen molar-refractivity contribution in [1.82, 2.24) is 0 Å². The third kappa shape index (κ3) is 9.27. The van der Waals surface area contributed by atoms with Gasteiger partial charge in [0.2, 0.25) is 0 Å². The minimum Gasteiger partial charge on any atom is -0.550 e. The van der Waals surface area contributed by atoms with Crippen LogP contribution in [-0.2, 0) is 4.79 Å². The van der Waals surface area contributed by atoms with E-state index in [1.807, 2.05) is 24.3 Å². The van der Waals surface area contributed by atoms with Crippen molar-refractivity contribution >= 4 is 5.97 Å². The molecular weight excluding hydrogens is 189 g/mol. The van der Waals surface area contributed by atoms with E-state index in [2.05, 4.69) is 0 Å². The van der Waals surface area contributed by atoms with Crippen molar-refractivity contribution in [1.29, 1.82) is 5.26 Å². The zero-order valence-corrected chi connectivity index (χ0v) is 10.4. The number of carbonyl (C=O) groups is 1. The number of carboxylic acid groups (broad SMARTS) is 1. The summed E-state index contributed by atoms with van der Waals surface area (Å²) in [6.07, 6.45) is 0.111. The Bertz CT molecular complexity index is 293. The van der Waals surface area contributed by atoms with Gasteiger partial charge in [-0.1, -0.05) is 25.1 Å². The first kappa shape index (κ1) is 15.6. The van der Waals surface area contributed by atoms with Crippen LogP contribution in [0.5, 0.6) is 0 Å². The van der Waals surface area contributed by atoms with Gasteiger partial charge in [0.25, 0.3) is 0 Å². The van der Waals surface area contributed by atoms with Crippen LogP contribution >= 0.6 is 0 Å². The molecule has 0 aromatic heterocycles. The maximum absolute atomic E-state index is 9.26. The molecule has 0 aliphatic carbocycles. The molecule has 0 aliphatic rings. The molecule has 68 valence electrons. The van der Waals surface area contributed by atoms with Crippen LogP contribution < -0.4 is 34.7 Å². The molecule has 0 amide bonds. The van der Waals surface area contributed by atoms with Crippen LogP contribution in [0.3, 0.4) is 0 Å². The SMILES string of the molecule is CCC(=O)[O-].N#Cc1ccccc1.[Na+]. The Hall–Kier alpha value is -0.820. The summed E-state index contributed by atoms with van der Waals surface area (Å²) in [7, 11) is 0. The Labute approximate surface area is 106 Å². The van der Waals surface area contributed by atoms with Crippen LogP contribution in [0.15, 0.2) is 30.3 Å². The maximum Gasteiger partial charge on any atom is 1.00 e. The van der Waals surface area contributed by atoms with Crippen molar-refractivity contribution in [3.05, 3.63) is 35.9 Å². The van der Waals surface area contributed by atoms with Gasteiger partial charge in [-0.25, -0.2) is 0 Å². The molecule has 0 radical (unpaired) electrons. The topological polar surface area (TPSA) is 63.9 Å². The second-order valence-electron chi connectivity index (χ2n) is 2.20. The molecule has 0 atom stereocenters. The molecule has 14 heavy (non-hydrogen) atoms. The fourth-order valence-corrected chi connectivity index (χ4v) is 0.513. The van der Waals surface area contributed by atoms with Crippen molar-refractivity contribution in [2.75, 3.05) is 0 Å². The van der Waals surface area contributed by atoms with Crippen molar-refractivity contribution < 1.29 is 39.5 Å². The number of carbonyl (C=O) groups excluding carboxylic acids is 1. The van der Waals surface area contributed by atoms with E-state index in [0.717, 1.165) is 0 Å². The van der Waals surface area contributed by atoms with E-state index >= 15 is 0 Å². The number of hydrogen-bond donors (Lipinski definition) is 0. The smallest absolute Gasteiger partial charge is 0.550 e. The molecule has 1 rings (SSSR count). The molecule has 3 nitrogen and oxygen atoms in total. The van der Waals surface area contributed by atoms with E-state index in [0.29, 0.717) is 5.56 Å². The van der Waals surface area contributed by atoms with Crippen molar-refractivity contribution in [2.24, 2.45) is 0 Å². The van der Waals surface area contributed by atoms with E-state index in [1.54, 1.807) is 12.1 Å². The van der Waals surface area contributed by atoms with Crippen LogP contribution in [0.2, 0.25) is 0 Å². The van der Waals surface area contributed by atoms with Crippen molar-refractivity contribution in [3.63, 3.8) is 0 Å². The first-order valence-electron chi connectivity index (χ1n) is 3.85. The first-order chi connectivity index (χ1) is 6.20. The number of hydrogen-bond acceptors (Lipinski definition) is 3. The zero-order chi connectivity index (χ0) is 10.1. The Morgan fingerprint density at radius 1 is 1.43 bits per heavy atom. The predicted octanol–water partition coefficient (Wildman–Crippen LogP) is -2.29. The molecule has 0 aliphatic heterocycles. The number of carboxylic acids is 1. The zero-order valence-electron chi connectivity index (χ0n) is 8.36. The monoisotopic (exact) mass is 199 g/mol. The quantitative estimate of drug-likeness (QED) is 0.478. The van der Waals surface area contributed by atoms with Crippen LogP contribution in [-0.4, -0.2) is 5.97 Å². The van der Waals surface area contributed by atoms with Crippen LogP contribution in [0.25, 0.3) is 0 Å². The number of rotatable bonds is 1. The number of benzene rings is 1. The third-order valence-electron chi connectivity index (χ3n) is 1.19. The van der Waals surface area contributed by atoms with E-state index in [4.69, 9.17) is 5.26 Å². The summed E-state index contributed by atoms with van der Waals surface area (Å²) in [5.74, 6) is -0.995. The molecule has 1 aromatic carbocycles. The van der Waals surface area contributed by atoms with E-state index in [9.17, 15) is 9.90 Å². The molecule has 0 saturated heterocycles. The Kier molecular flexibility index (Phi) is 11.5. The molecule has 1 aromatic rings. The minimum absolute atomic E-state index is 0. The summed E-state index contributed by atoms with van der Waals surface area (Å²) in [6.45, 7) is 1.54. The number of nitriles is 1. The standard InChI is InChI=1S/C7H5N.C3H6O2.Na/c8-6-7-4-2-1-3-5-7;1-2-3(4)5;/h1-5H;2H2,1H3,(H,4,5);/q;;+1/p-1. The molecule has 4 heteroatoms. The largest absolute Gasteiger partial charge is 1.00 e. The van der Waals surface area contributed by atoms with Gasteiger partial charge >= 0.3 is 29.6 Å². The molecule has 0 unspecified atom stereocenters. The van der Waals surface area contributed by atoms with Gasteiger partial charge in [-0.15, -0.1) is 0 Å². The predicted molar refractivity (Wildman–Crippen MR) is 46.5 cm³/mol. The second kappa shape index (κ2) is 10.3. The molecule has 0 saturated carbocycles. The summed E-state index contributed by atoms with van der Waals surface area (Å²) in [5, 5.41) is 17.5. The molecule has 0 fully saturated rings. The van der Waals surface area contributed by atoms with Gasteiger partial charge in [0.05, 0.1) is 11.6 Å². The van der Waals surface area contributed by atoms with Crippen LogP contribution in [0.1, 0.15) is 18.9 Å². The summed E-state index contributed by atoms with van der Waals surface area (Å²) in [4.78, 5) is 9.26. The first-order valence-corrected chi connectivity index (χ1v) is 3.85. The number of nitrogens with zero attached hydrogens (tertiary/aromatic N) is 1. The third-order valence-corrected chi connectivity index (χ3v) is 1.19. The summed E-state index contributed by atoms with van der Waals surface area (Å²) in [6, 6.07) is 11.2. The van der Waals surface area contributed by atoms with Crippen LogP contribution in [0.4, 0.5) is 0 Å². The molecule has 0 spiro atoms. The molecule has 0 bridgehead atoms. The van der Waals surface area contributed by atoms with E-state index in [-0.39, 0.29) is 36.0 Å². The van der Waals surface area contributed by atoms with Gasteiger partial charge in [0.15, 0.2) is 0 Å². The van der Waals surface area contributed by atoms with Gasteiger partial charge in [0, 0.05) is 5.97 Å². The van der Waals surface area contributed by atoms with Gasteiger partial charge in [0.1, 0.15) is 0 Å². The minimum atomic E-state index is -0.995. The molecule has 0 heterocycles. The van der Waals surface area contributed by atoms with Crippen molar-refractivity contribution in [2.45, 2.75) is 13.3 Å². The Morgan fingerprint density at radius 3 is 2.07 bits per heavy atom. The fourth-order valence-electron chi connectivity index (χ4n) is 0.513. The van der Waals surface area contributed by atoms with Gasteiger partial charge in [-0.2, -0.15) is 5.26 Å². The molecular formula is C10H10NNaO2. The number of aliphatic carboxylic acids is 1. The fraction of sp³-hybridized carbons (Fsp3) is 0.200. The normalized spacial score (nSPS) is 7.14. The van der Waals surface area contributed by atoms with Gasteiger partial charge in [-0.3, -0.25) is 0 Å². The van der Waals surface area contributed by atoms with Crippen LogP contribution in [0, 0.1) is 11.3 Å². The Balaban J connectivity index is 0.